The van der Waals surface area contributed by atoms with Crippen molar-refractivity contribution in [2.24, 2.45) is 10.9 Å². The first-order chi connectivity index (χ1) is 9.45. The maximum Gasteiger partial charge on any atom is 0.366 e. The Labute approximate surface area is 122 Å². The highest BCUT2D eigenvalue weighted by Crippen LogP contribution is 2.18. The molecule has 20 heavy (non-hydrogen) atoms. The van der Waals surface area contributed by atoms with E-state index < -0.39 is 11.9 Å². The molecule has 0 unspecified atom stereocenters. The van der Waals surface area contributed by atoms with Gasteiger partial charge in [-0.05, 0) is 25.1 Å². The van der Waals surface area contributed by atoms with E-state index in [1.165, 1.54) is 32.2 Å². The first-order valence-electron chi connectivity index (χ1n) is 5.85. The third kappa shape index (κ3) is 5.27. The fraction of sp³-hybridized carbons (Fsp3) is 0.308. The van der Waals surface area contributed by atoms with Crippen LogP contribution in [-0.4, -0.2) is 24.9 Å². The highest BCUT2D eigenvalue weighted by atomic mass is 35.5. The van der Waals surface area contributed by atoms with Gasteiger partial charge >= 0.3 is 11.9 Å². The molecular formula is C13H17ClN2O4. The fourth-order valence-corrected chi connectivity index (χ4v) is 1.31. The maximum absolute atomic E-state index is 11.7. The number of methoxy groups -OCH3 is 1. The van der Waals surface area contributed by atoms with Gasteiger partial charge in [-0.25, -0.2) is 9.59 Å². The van der Waals surface area contributed by atoms with E-state index in [2.05, 4.69) is 14.7 Å². The lowest BCUT2D eigenvalue weighted by molar-refractivity contribution is 0.0495. The number of nitrogens with two attached hydrogens (primary N) is 1. The van der Waals surface area contributed by atoms with Gasteiger partial charge in [0.15, 0.2) is 0 Å². The average molecular weight is 301 g/mol. The van der Waals surface area contributed by atoms with Crippen LogP contribution in [0, 0.1) is 0 Å². The van der Waals surface area contributed by atoms with E-state index in [1.54, 1.807) is 0 Å². The zero-order valence-corrected chi connectivity index (χ0v) is 12.5. The molecule has 1 rings (SSSR count). The van der Waals surface area contributed by atoms with Crippen molar-refractivity contribution in [2.45, 2.75) is 20.8 Å². The van der Waals surface area contributed by atoms with Crippen molar-refractivity contribution < 1.29 is 19.2 Å². The number of carbonyl (C=O) groups excluding carboxylic acids is 2. The normalized spacial score (nSPS) is 10.2. The highest BCUT2D eigenvalue weighted by Gasteiger charge is 2.19. The number of esters is 1. The van der Waals surface area contributed by atoms with Crippen molar-refractivity contribution in [2.75, 3.05) is 7.11 Å². The SMILES string of the molecule is CC.COC(=O)c1cc(Cl)ccc1C(=O)O/N=C(/C)N. The van der Waals surface area contributed by atoms with Crippen LogP contribution in [0.3, 0.4) is 0 Å². The summed E-state index contributed by atoms with van der Waals surface area (Å²) in [7, 11) is 1.19. The molecular weight excluding hydrogens is 284 g/mol. The van der Waals surface area contributed by atoms with Crippen LogP contribution in [0.5, 0.6) is 0 Å². The second kappa shape index (κ2) is 8.92. The van der Waals surface area contributed by atoms with Gasteiger partial charge in [-0.2, -0.15) is 0 Å². The van der Waals surface area contributed by atoms with E-state index in [4.69, 9.17) is 17.3 Å². The summed E-state index contributed by atoms with van der Waals surface area (Å²) in [5.74, 6) is -1.44. The van der Waals surface area contributed by atoms with E-state index in [1.807, 2.05) is 13.8 Å². The molecule has 7 heteroatoms. The lowest BCUT2D eigenvalue weighted by Crippen LogP contribution is -2.13. The first-order valence-corrected chi connectivity index (χ1v) is 6.22. The summed E-state index contributed by atoms with van der Waals surface area (Å²) < 4.78 is 4.54. The van der Waals surface area contributed by atoms with Crippen molar-refractivity contribution in [3.8, 4) is 0 Å². The molecule has 0 saturated heterocycles. The van der Waals surface area contributed by atoms with E-state index >= 15 is 0 Å². The first kappa shape index (κ1) is 17.9. The second-order valence-electron chi connectivity index (χ2n) is 3.29. The number of rotatable bonds is 3. The monoisotopic (exact) mass is 300 g/mol. The summed E-state index contributed by atoms with van der Waals surface area (Å²) in [6.07, 6.45) is 0. The number of halogens is 1. The maximum atomic E-state index is 11.7. The van der Waals surface area contributed by atoms with Crippen LogP contribution in [0.25, 0.3) is 0 Å². The van der Waals surface area contributed by atoms with Gasteiger partial charge in [-0.3, -0.25) is 0 Å². The lowest BCUT2D eigenvalue weighted by Gasteiger charge is -2.05. The van der Waals surface area contributed by atoms with Crippen molar-refractivity contribution in [3.63, 3.8) is 0 Å². The number of amidine groups is 1. The molecule has 0 aliphatic rings. The molecule has 1 aromatic carbocycles. The molecule has 0 amide bonds. The molecule has 1 aromatic rings. The van der Waals surface area contributed by atoms with Gasteiger partial charge in [0.2, 0.25) is 0 Å². The van der Waals surface area contributed by atoms with E-state index in [0.717, 1.165) is 0 Å². The molecule has 0 heterocycles. The topological polar surface area (TPSA) is 91.0 Å². The molecule has 0 aliphatic heterocycles. The fourth-order valence-electron chi connectivity index (χ4n) is 1.14. The third-order valence-electron chi connectivity index (χ3n) is 1.88. The number of ether oxygens (including phenoxy) is 1. The molecule has 110 valence electrons. The predicted octanol–water partition coefficient (Wildman–Crippen LogP) is 2.60. The average Bonchev–Trinajstić information content (AvgIpc) is 2.45. The molecule has 0 radical (unpaired) electrons. The van der Waals surface area contributed by atoms with Crippen molar-refractivity contribution in [1.29, 1.82) is 0 Å². The Hall–Kier alpha value is -2.08. The third-order valence-corrected chi connectivity index (χ3v) is 2.11. The van der Waals surface area contributed by atoms with Gasteiger partial charge in [0.05, 0.1) is 18.2 Å². The number of hydrogen-bond acceptors (Lipinski definition) is 5. The van der Waals surface area contributed by atoms with Gasteiger partial charge < -0.3 is 15.3 Å². The van der Waals surface area contributed by atoms with Crippen LogP contribution in [-0.2, 0) is 9.57 Å². The summed E-state index contributed by atoms with van der Waals surface area (Å²) in [6.45, 7) is 5.45. The van der Waals surface area contributed by atoms with Gasteiger partial charge in [-0.1, -0.05) is 30.6 Å². The Morgan fingerprint density at radius 2 is 1.80 bits per heavy atom. The zero-order valence-electron chi connectivity index (χ0n) is 11.8. The Bertz CT molecular complexity index is 511. The van der Waals surface area contributed by atoms with E-state index in [-0.39, 0.29) is 17.0 Å². The highest BCUT2D eigenvalue weighted by molar-refractivity contribution is 6.31. The second-order valence-corrected chi connectivity index (χ2v) is 3.73. The van der Waals surface area contributed by atoms with Gasteiger partial charge in [0.1, 0.15) is 5.84 Å². The van der Waals surface area contributed by atoms with E-state index in [0.29, 0.717) is 5.02 Å². The molecule has 0 aliphatic carbocycles. The summed E-state index contributed by atoms with van der Waals surface area (Å²) in [5.41, 5.74) is 5.22. The Morgan fingerprint density at radius 1 is 1.20 bits per heavy atom. The molecule has 0 fully saturated rings. The largest absolute Gasteiger partial charge is 0.465 e. The summed E-state index contributed by atoms with van der Waals surface area (Å²) in [4.78, 5) is 27.7. The number of carbonyl (C=O) groups is 2. The van der Waals surface area contributed by atoms with Gasteiger partial charge in [-0.15, -0.1) is 0 Å². The predicted molar refractivity (Wildman–Crippen MR) is 76.9 cm³/mol. The van der Waals surface area contributed by atoms with Crippen LogP contribution < -0.4 is 5.73 Å². The van der Waals surface area contributed by atoms with Crippen LogP contribution in [0.4, 0.5) is 0 Å². The van der Waals surface area contributed by atoms with Crippen LogP contribution in [0.1, 0.15) is 41.5 Å². The van der Waals surface area contributed by atoms with Crippen molar-refractivity contribution in [3.05, 3.63) is 34.3 Å². The summed E-state index contributed by atoms with van der Waals surface area (Å²) in [6, 6.07) is 4.10. The summed E-state index contributed by atoms with van der Waals surface area (Å²) in [5, 5.41) is 3.61. The molecule has 0 atom stereocenters. The molecule has 2 N–H and O–H groups in total. The van der Waals surface area contributed by atoms with Crippen LogP contribution in [0.2, 0.25) is 5.02 Å². The van der Waals surface area contributed by atoms with E-state index in [9.17, 15) is 9.59 Å². The van der Waals surface area contributed by atoms with Crippen molar-refractivity contribution >= 4 is 29.4 Å². The number of nitrogens with zero attached hydrogens (tertiary/aromatic N) is 1. The molecule has 0 saturated carbocycles. The Morgan fingerprint density at radius 3 is 2.30 bits per heavy atom. The number of hydrogen-bond donors (Lipinski definition) is 1. The van der Waals surface area contributed by atoms with Crippen LogP contribution >= 0.6 is 11.6 Å². The lowest BCUT2D eigenvalue weighted by atomic mass is 10.1. The molecule has 6 nitrogen and oxygen atoms in total. The number of oxime groups is 1. The smallest absolute Gasteiger partial charge is 0.366 e. The Kier molecular flexibility index (Phi) is 8.00. The summed E-state index contributed by atoms with van der Waals surface area (Å²) >= 11 is 5.74. The minimum atomic E-state index is -0.822. The minimum Gasteiger partial charge on any atom is -0.465 e. The van der Waals surface area contributed by atoms with Crippen molar-refractivity contribution in [1.82, 2.24) is 0 Å². The molecule has 0 bridgehead atoms. The van der Waals surface area contributed by atoms with Crippen LogP contribution in [0.15, 0.2) is 23.4 Å². The standard InChI is InChI=1S/C11H11ClN2O4.C2H6/c1-6(13)14-18-11(16)8-4-3-7(12)5-9(8)10(15)17-2;1-2/h3-5H,1-2H3,(H2,13,14);1-2H3. The minimum absolute atomic E-state index is 0.000116. The molecule has 0 spiro atoms. The number of benzene rings is 1. The Balaban J connectivity index is 0.00000172. The molecule has 0 aromatic heterocycles. The quantitative estimate of drug-likeness (QED) is 0.304. The van der Waals surface area contributed by atoms with Gasteiger partial charge in [0.25, 0.3) is 0 Å². The van der Waals surface area contributed by atoms with Gasteiger partial charge in [0, 0.05) is 5.02 Å². The zero-order chi connectivity index (χ0) is 15.7.